The lowest BCUT2D eigenvalue weighted by Gasteiger charge is -2.21. The van der Waals surface area contributed by atoms with E-state index in [0.29, 0.717) is 31.6 Å². The largest absolute Gasteiger partial charge is 0.472 e. The van der Waals surface area contributed by atoms with Crippen molar-refractivity contribution in [2.24, 2.45) is 11.8 Å². The van der Waals surface area contributed by atoms with Gasteiger partial charge in [-0.1, -0.05) is 324 Å². The van der Waals surface area contributed by atoms with Crippen LogP contribution in [-0.2, 0) is 65.4 Å². The van der Waals surface area contributed by atoms with Gasteiger partial charge in [-0.2, -0.15) is 0 Å². The molecule has 0 saturated carbocycles. The van der Waals surface area contributed by atoms with E-state index in [1.54, 1.807) is 0 Å². The number of esters is 4. The van der Waals surface area contributed by atoms with Crippen LogP contribution in [0.4, 0.5) is 0 Å². The number of phosphoric acid groups is 2. The fourth-order valence-corrected chi connectivity index (χ4v) is 12.7. The summed E-state index contributed by atoms with van der Waals surface area (Å²) in [6, 6.07) is 0. The molecular formula is C73H142O17P2. The number of aliphatic hydroxyl groups excluding tert-OH is 1. The van der Waals surface area contributed by atoms with Crippen molar-refractivity contribution in [3.05, 3.63) is 0 Å². The Kier molecular flexibility index (Phi) is 63.7. The van der Waals surface area contributed by atoms with Crippen LogP contribution >= 0.6 is 15.6 Å². The van der Waals surface area contributed by atoms with Gasteiger partial charge in [-0.3, -0.25) is 37.3 Å². The molecule has 0 aromatic carbocycles. The predicted octanol–water partition coefficient (Wildman–Crippen LogP) is 21.2. The highest BCUT2D eigenvalue weighted by Crippen LogP contribution is 2.45. The van der Waals surface area contributed by atoms with Crippen LogP contribution in [0.15, 0.2) is 0 Å². The third-order valence-corrected chi connectivity index (χ3v) is 19.2. The van der Waals surface area contributed by atoms with Crippen LogP contribution in [0.2, 0.25) is 0 Å². The highest BCUT2D eigenvalue weighted by atomic mass is 31.2. The fraction of sp³-hybridized carbons (Fsp3) is 0.945. The lowest BCUT2D eigenvalue weighted by atomic mass is 9.99. The molecule has 0 fully saturated rings. The second kappa shape index (κ2) is 65.0. The van der Waals surface area contributed by atoms with Crippen LogP contribution in [0.5, 0.6) is 0 Å². The van der Waals surface area contributed by atoms with Crippen molar-refractivity contribution in [1.82, 2.24) is 0 Å². The van der Waals surface area contributed by atoms with Gasteiger partial charge < -0.3 is 33.8 Å². The highest BCUT2D eigenvalue weighted by molar-refractivity contribution is 7.47. The maximum Gasteiger partial charge on any atom is 0.472 e. The number of carbonyl (C=O) groups excluding carboxylic acids is 4. The van der Waals surface area contributed by atoms with Gasteiger partial charge in [-0.15, -0.1) is 0 Å². The normalized spacial score (nSPS) is 14.4. The van der Waals surface area contributed by atoms with Gasteiger partial charge in [0, 0.05) is 25.7 Å². The third-order valence-electron chi connectivity index (χ3n) is 17.3. The number of carbonyl (C=O) groups is 4. The van der Waals surface area contributed by atoms with Gasteiger partial charge in [0.2, 0.25) is 0 Å². The Morgan fingerprint density at radius 2 is 0.554 bits per heavy atom. The molecule has 0 aliphatic rings. The topological polar surface area (TPSA) is 237 Å². The van der Waals surface area contributed by atoms with E-state index in [0.717, 1.165) is 102 Å². The highest BCUT2D eigenvalue weighted by Gasteiger charge is 2.30. The first-order valence-corrected chi connectivity index (χ1v) is 41.0. The molecule has 0 aromatic heterocycles. The molecule has 3 unspecified atom stereocenters. The van der Waals surface area contributed by atoms with Gasteiger partial charge in [0.05, 0.1) is 26.4 Å². The van der Waals surface area contributed by atoms with Crippen LogP contribution < -0.4 is 0 Å². The predicted molar refractivity (Wildman–Crippen MR) is 372 cm³/mol. The minimum atomic E-state index is -4.95. The number of ether oxygens (including phenoxy) is 4. The molecule has 19 heteroatoms. The Bertz CT molecular complexity index is 1790. The molecule has 0 saturated heterocycles. The van der Waals surface area contributed by atoms with Crippen molar-refractivity contribution in [1.29, 1.82) is 0 Å². The van der Waals surface area contributed by atoms with Crippen molar-refractivity contribution in [2.45, 2.75) is 394 Å². The van der Waals surface area contributed by atoms with Gasteiger partial charge in [0.25, 0.3) is 0 Å². The molecule has 3 N–H and O–H groups in total. The summed E-state index contributed by atoms with van der Waals surface area (Å²) in [4.78, 5) is 72.6. The summed E-state index contributed by atoms with van der Waals surface area (Å²) in [6.45, 7) is 9.49. The molecule has 6 atom stereocenters. The van der Waals surface area contributed by atoms with E-state index >= 15 is 0 Å². The zero-order valence-corrected chi connectivity index (χ0v) is 61.6. The van der Waals surface area contributed by atoms with E-state index < -0.39 is 97.5 Å². The van der Waals surface area contributed by atoms with Crippen LogP contribution in [0.3, 0.4) is 0 Å². The van der Waals surface area contributed by atoms with Crippen molar-refractivity contribution in [3.8, 4) is 0 Å². The molecule has 0 amide bonds. The number of hydrogen-bond acceptors (Lipinski definition) is 15. The summed E-state index contributed by atoms with van der Waals surface area (Å²) in [5.74, 6) is -0.665. The smallest absolute Gasteiger partial charge is 0.462 e. The van der Waals surface area contributed by atoms with E-state index in [2.05, 4.69) is 41.5 Å². The number of aliphatic hydroxyl groups is 1. The van der Waals surface area contributed by atoms with Crippen molar-refractivity contribution in [3.63, 3.8) is 0 Å². The van der Waals surface area contributed by atoms with Gasteiger partial charge in [0.1, 0.15) is 19.3 Å². The molecule has 0 aliphatic carbocycles. The van der Waals surface area contributed by atoms with E-state index in [1.807, 2.05) is 0 Å². The first-order valence-electron chi connectivity index (χ1n) is 38.0. The monoisotopic (exact) mass is 1350 g/mol. The average Bonchev–Trinajstić information content (AvgIpc) is 2.82. The Morgan fingerprint density at radius 3 is 0.826 bits per heavy atom. The summed E-state index contributed by atoms with van der Waals surface area (Å²) < 4.78 is 68.4. The standard InChI is InChI=1S/C73H142O17P2/c1-7-10-12-14-16-18-20-22-23-24-25-26-27-28-30-32-38-46-52-58-73(78)89-68(61-83-70(75)55-49-43-36-34-33-35-42-48-54-66(6)9-3)63-87-91(79,80)85-59-67(74)60-86-92(81,82)88-64-69(62-84-71(76)56-50-44-40-39-41-47-53-65(4)5)90-72(77)57-51-45-37-31-29-21-19-17-15-13-11-8-2/h65-69,74H,7-64H2,1-6H3,(H,79,80)(H,81,82)/t66?,67-,68-,69-/m1/s1. The molecule has 546 valence electrons. The van der Waals surface area contributed by atoms with Crippen molar-refractivity contribution < 1.29 is 80.2 Å². The lowest BCUT2D eigenvalue weighted by molar-refractivity contribution is -0.161. The third kappa shape index (κ3) is 65.4. The number of unbranched alkanes of at least 4 members (excludes halogenated alkanes) is 41. The van der Waals surface area contributed by atoms with Crippen molar-refractivity contribution in [2.75, 3.05) is 39.6 Å². The number of rotatable bonds is 72. The maximum atomic E-state index is 13.1. The van der Waals surface area contributed by atoms with E-state index in [1.165, 1.54) is 186 Å². The molecule has 0 spiro atoms. The molecule has 17 nitrogen and oxygen atoms in total. The molecule has 0 radical (unpaired) electrons. The van der Waals surface area contributed by atoms with E-state index in [-0.39, 0.29) is 25.7 Å². The molecular weight excluding hydrogens is 1210 g/mol. The van der Waals surface area contributed by atoms with Crippen molar-refractivity contribution >= 4 is 39.5 Å². The quantitative estimate of drug-likeness (QED) is 0.0222. The summed E-state index contributed by atoms with van der Waals surface area (Å²) in [5, 5.41) is 10.6. The van der Waals surface area contributed by atoms with Crippen LogP contribution in [0.1, 0.15) is 375 Å². The minimum absolute atomic E-state index is 0.106. The van der Waals surface area contributed by atoms with Crippen LogP contribution in [-0.4, -0.2) is 96.7 Å². The molecule has 0 bridgehead atoms. The summed E-state index contributed by atoms with van der Waals surface area (Å²) in [6.07, 6.45) is 51.5. The Labute approximate surface area is 562 Å². The van der Waals surface area contributed by atoms with Gasteiger partial charge in [0.15, 0.2) is 12.2 Å². The molecule has 92 heavy (non-hydrogen) atoms. The molecule has 0 heterocycles. The van der Waals surface area contributed by atoms with Gasteiger partial charge in [-0.25, -0.2) is 9.13 Å². The first kappa shape index (κ1) is 90.1. The van der Waals surface area contributed by atoms with E-state index in [4.69, 9.17) is 37.0 Å². The second-order valence-corrected chi connectivity index (χ2v) is 30.0. The Balaban J connectivity index is 5.21. The Hall–Kier alpha value is -1.94. The zero-order chi connectivity index (χ0) is 67.9. The second-order valence-electron chi connectivity index (χ2n) is 27.1. The molecule has 0 aliphatic heterocycles. The van der Waals surface area contributed by atoms with E-state index in [9.17, 15) is 43.2 Å². The molecule has 0 rings (SSSR count). The Morgan fingerprint density at radius 1 is 0.315 bits per heavy atom. The summed E-state index contributed by atoms with van der Waals surface area (Å²) in [7, 11) is -9.90. The number of hydrogen-bond donors (Lipinski definition) is 3. The lowest BCUT2D eigenvalue weighted by Crippen LogP contribution is -2.30. The minimum Gasteiger partial charge on any atom is -0.462 e. The SMILES string of the molecule is CCCCCCCCCCCCCCCCCCCCCC(=O)O[C@H](COC(=O)CCCCCCCCCCC(C)CC)COP(=O)(O)OC[C@@H](O)COP(=O)(O)OC[C@@H](COC(=O)CCCCCCCCC(C)C)OC(=O)CCCCCCCCCCCCCC. The van der Waals surface area contributed by atoms with Crippen LogP contribution in [0.25, 0.3) is 0 Å². The van der Waals surface area contributed by atoms with Gasteiger partial charge in [-0.05, 0) is 37.5 Å². The van der Waals surface area contributed by atoms with Crippen LogP contribution in [0, 0.1) is 11.8 Å². The zero-order valence-electron chi connectivity index (χ0n) is 59.9. The fourth-order valence-electron chi connectivity index (χ4n) is 11.1. The average molecular weight is 1350 g/mol. The molecule has 0 aromatic rings. The van der Waals surface area contributed by atoms with Gasteiger partial charge >= 0.3 is 39.5 Å². The number of phosphoric ester groups is 2. The maximum absolute atomic E-state index is 13.1. The summed E-state index contributed by atoms with van der Waals surface area (Å²) >= 11 is 0. The summed E-state index contributed by atoms with van der Waals surface area (Å²) in [5.41, 5.74) is 0. The first-order chi connectivity index (χ1) is 44.4.